The molecule has 7 heteroatoms. The van der Waals surface area contributed by atoms with E-state index in [-0.39, 0.29) is 23.8 Å². The van der Waals surface area contributed by atoms with E-state index in [2.05, 4.69) is 31.0 Å². The molecule has 3 rings (SSSR count). The number of urea groups is 1. The summed E-state index contributed by atoms with van der Waals surface area (Å²) in [7, 11) is 0. The Kier molecular flexibility index (Phi) is 7.46. The van der Waals surface area contributed by atoms with Gasteiger partial charge in [-0.3, -0.25) is 0 Å². The molecule has 0 unspecified atom stereocenters. The van der Waals surface area contributed by atoms with Crippen LogP contribution in [0.15, 0.2) is 24.3 Å². The number of nitrogens with one attached hydrogen (secondary N) is 1. The minimum Gasteiger partial charge on any atom is -0.353 e. The highest BCUT2D eigenvalue weighted by Crippen LogP contribution is 2.28. The lowest BCUT2D eigenvalue weighted by Crippen LogP contribution is -2.53. The molecule has 0 spiro atoms. The van der Waals surface area contributed by atoms with Gasteiger partial charge in [0, 0.05) is 55.8 Å². The summed E-state index contributed by atoms with van der Waals surface area (Å²) in [5.41, 5.74) is 2.60. The number of anilines is 1. The number of carbonyl (C=O) groups excluding carboxylic acids is 1. The smallest absolute Gasteiger partial charge is 0.317 e. The van der Waals surface area contributed by atoms with E-state index in [9.17, 15) is 9.18 Å². The van der Waals surface area contributed by atoms with Gasteiger partial charge in [-0.1, -0.05) is 39.0 Å². The molecule has 2 heterocycles. The molecule has 6 nitrogen and oxygen atoms in total. The molecule has 0 atom stereocenters. The summed E-state index contributed by atoms with van der Waals surface area (Å²) in [5.74, 6) is 1.68. The van der Waals surface area contributed by atoms with Gasteiger partial charge < -0.3 is 15.1 Å². The summed E-state index contributed by atoms with van der Waals surface area (Å²) in [6, 6.07) is 6.97. The fourth-order valence-electron chi connectivity index (χ4n) is 3.82. The van der Waals surface area contributed by atoms with Crippen LogP contribution in [0.3, 0.4) is 0 Å². The van der Waals surface area contributed by atoms with Crippen molar-refractivity contribution in [1.29, 1.82) is 0 Å². The van der Waals surface area contributed by atoms with E-state index >= 15 is 0 Å². The van der Waals surface area contributed by atoms with Crippen LogP contribution in [0.4, 0.5) is 15.0 Å². The number of aromatic nitrogens is 2. The largest absolute Gasteiger partial charge is 0.353 e. The van der Waals surface area contributed by atoms with Crippen LogP contribution in [0, 0.1) is 5.82 Å². The Labute approximate surface area is 184 Å². The molecule has 1 aliphatic rings. The van der Waals surface area contributed by atoms with Crippen LogP contribution in [-0.4, -0.2) is 53.1 Å². The molecule has 1 aromatic heterocycles. The third-order valence-electron chi connectivity index (χ3n) is 5.54. The Hall–Kier alpha value is -2.70. The molecule has 2 aromatic rings. The average Bonchev–Trinajstić information content (AvgIpc) is 2.74. The maximum atomic E-state index is 14.4. The maximum absolute atomic E-state index is 14.4. The number of hydrogen-bond donors (Lipinski definition) is 1. The molecule has 1 saturated heterocycles. The molecule has 0 radical (unpaired) electrons. The number of benzene rings is 1. The number of aryl methyl sites for hydroxylation is 1. The zero-order chi connectivity index (χ0) is 22.5. The van der Waals surface area contributed by atoms with E-state index in [1.54, 1.807) is 6.07 Å². The number of hydrogen-bond acceptors (Lipinski definition) is 4. The minimum atomic E-state index is -0.210. The second-order valence-electron chi connectivity index (χ2n) is 8.69. The lowest BCUT2D eigenvalue weighted by molar-refractivity contribution is 0.191. The Morgan fingerprint density at radius 1 is 1.10 bits per heavy atom. The van der Waals surface area contributed by atoms with Gasteiger partial charge in [0.2, 0.25) is 0 Å². The van der Waals surface area contributed by atoms with Crippen LogP contribution in [0.2, 0.25) is 0 Å². The Morgan fingerprint density at radius 3 is 2.35 bits per heavy atom. The van der Waals surface area contributed by atoms with Gasteiger partial charge in [0.05, 0.1) is 0 Å². The first-order valence-corrected chi connectivity index (χ1v) is 11.2. The molecule has 1 aromatic carbocycles. The third-order valence-corrected chi connectivity index (χ3v) is 5.54. The van der Waals surface area contributed by atoms with Crippen molar-refractivity contribution in [3.8, 4) is 0 Å². The van der Waals surface area contributed by atoms with Gasteiger partial charge in [0.1, 0.15) is 17.5 Å². The van der Waals surface area contributed by atoms with Gasteiger partial charge in [0.15, 0.2) is 0 Å². The predicted molar refractivity (Wildman–Crippen MR) is 122 cm³/mol. The van der Waals surface area contributed by atoms with Gasteiger partial charge in [-0.25, -0.2) is 19.2 Å². The minimum absolute atomic E-state index is 0.0268. The van der Waals surface area contributed by atoms with Crippen molar-refractivity contribution in [1.82, 2.24) is 20.2 Å². The molecule has 0 aliphatic carbocycles. The van der Waals surface area contributed by atoms with Gasteiger partial charge in [0.25, 0.3) is 0 Å². The molecular formula is C24H34FN5O. The van der Waals surface area contributed by atoms with Crippen molar-refractivity contribution in [2.45, 2.75) is 59.4 Å². The van der Waals surface area contributed by atoms with Crippen LogP contribution in [-0.2, 0) is 12.8 Å². The van der Waals surface area contributed by atoms with Crippen molar-refractivity contribution in [3.63, 3.8) is 0 Å². The molecule has 2 amide bonds. The van der Waals surface area contributed by atoms with Crippen molar-refractivity contribution in [3.05, 3.63) is 52.7 Å². The van der Waals surface area contributed by atoms with E-state index in [1.807, 2.05) is 30.9 Å². The fraction of sp³-hybridized carbons (Fsp3) is 0.542. The summed E-state index contributed by atoms with van der Waals surface area (Å²) < 4.78 is 14.4. The van der Waals surface area contributed by atoms with Gasteiger partial charge in [-0.2, -0.15) is 0 Å². The predicted octanol–water partition coefficient (Wildman–Crippen LogP) is 4.13. The molecular weight excluding hydrogens is 393 g/mol. The molecule has 1 N–H and O–H groups in total. The van der Waals surface area contributed by atoms with Crippen molar-refractivity contribution in [2.24, 2.45) is 0 Å². The molecule has 1 fully saturated rings. The monoisotopic (exact) mass is 427 g/mol. The third kappa shape index (κ3) is 5.51. The zero-order valence-corrected chi connectivity index (χ0v) is 19.3. The lowest BCUT2D eigenvalue weighted by atomic mass is 10.0. The summed E-state index contributed by atoms with van der Waals surface area (Å²) in [4.78, 5) is 26.2. The van der Waals surface area contributed by atoms with Crippen LogP contribution < -0.4 is 10.2 Å². The van der Waals surface area contributed by atoms with Gasteiger partial charge in [-0.05, 0) is 31.9 Å². The van der Waals surface area contributed by atoms with Crippen molar-refractivity contribution >= 4 is 11.8 Å². The fourth-order valence-corrected chi connectivity index (χ4v) is 3.82. The summed E-state index contributed by atoms with van der Waals surface area (Å²) in [5, 5.41) is 2.96. The van der Waals surface area contributed by atoms with Gasteiger partial charge >= 0.3 is 6.03 Å². The molecule has 1 aliphatic heterocycles. The maximum Gasteiger partial charge on any atom is 0.317 e. The second kappa shape index (κ2) is 10.1. The molecule has 0 bridgehead atoms. The van der Waals surface area contributed by atoms with E-state index in [4.69, 9.17) is 9.97 Å². The highest BCUT2D eigenvalue weighted by molar-refractivity contribution is 5.74. The van der Waals surface area contributed by atoms with Crippen molar-refractivity contribution < 1.29 is 9.18 Å². The van der Waals surface area contributed by atoms with Crippen LogP contribution in [0.25, 0.3) is 0 Å². The van der Waals surface area contributed by atoms with E-state index < -0.39 is 0 Å². The summed E-state index contributed by atoms with van der Waals surface area (Å²) >= 11 is 0. The second-order valence-corrected chi connectivity index (χ2v) is 8.69. The van der Waals surface area contributed by atoms with Gasteiger partial charge in [-0.15, -0.1) is 0 Å². The van der Waals surface area contributed by atoms with E-state index in [0.29, 0.717) is 38.2 Å². The topological polar surface area (TPSA) is 61.4 Å². The molecule has 168 valence electrons. The van der Waals surface area contributed by atoms with Crippen LogP contribution >= 0.6 is 0 Å². The molecule has 0 saturated carbocycles. The first-order chi connectivity index (χ1) is 14.8. The number of carbonyl (C=O) groups is 1. The first-order valence-electron chi connectivity index (χ1n) is 11.2. The highest BCUT2D eigenvalue weighted by atomic mass is 19.1. The number of rotatable bonds is 6. The first kappa shape index (κ1) is 23.0. The van der Waals surface area contributed by atoms with E-state index in [1.165, 1.54) is 6.07 Å². The van der Waals surface area contributed by atoms with E-state index in [0.717, 1.165) is 29.3 Å². The lowest BCUT2D eigenvalue weighted by Gasteiger charge is -2.37. The van der Waals surface area contributed by atoms with Crippen molar-refractivity contribution in [2.75, 3.05) is 31.1 Å². The van der Waals surface area contributed by atoms with Crippen LogP contribution in [0.1, 0.15) is 63.2 Å². The normalized spacial score (nSPS) is 14.5. The number of amides is 2. The number of nitrogens with zero attached hydrogens (tertiary/aromatic N) is 4. The summed E-state index contributed by atoms with van der Waals surface area (Å²) in [6.45, 7) is 12.8. The Bertz CT molecular complexity index is 907. The average molecular weight is 428 g/mol. The number of piperazine rings is 1. The highest BCUT2D eigenvalue weighted by Gasteiger charge is 2.26. The molecule has 31 heavy (non-hydrogen) atoms. The standard InChI is InChI=1S/C24H34FN5O/c1-6-21-19(15-18-9-7-8-10-20(18)25)23(28-22(27-21)16(2)3)29-11-13-30(14-12-29)24(31)26-17(4)5/h7-10,16-17H,6,11-15H2,1-5H3,(H,26,31). The number of halogens is 1. The SMILES string of the molecule is CCc1nc(C(C)C)nc(N2CCN(C(=O)NC(C)C)CC2)c1Cc1ccccc1F. The Balaban J connectivity index is 1.92. The zero-order valence-electron chi connectivity index (χ0n) is 19.3. The van der Waals surface area contributed by atoms with Crippen LogP contribution in [0.5, 0.6) is 0 Å². The summed E-state index contributed by atoms with van der Waals surface area (Å²) in [6.07, 6.45) is 1.22. The Morgan fingerprint density at radius 2 is 1.77 bits per heavy atom. The quantitative estimate of drug-likeness (QED) is 0.753.